The largest absolute Gasteiger partial charge is 0.464 e. The molecule has 3 heterocycles. The minimum absolute atomic E-state index is 0.0171. The fraction of sp³-hybridized carbons (Fsp3) is 0.130. The van der Waals surface area contributed by atoms with Crippen molar-refractivity contribution in [3.05, 3.63) is 88.9 Å². The van der Waals surface area contributed by atoms with E-state index in [2.05, 4.69) is 14.8 Å². The van der Waals surface area contributed by atoms with Crippen molar-refractivity contribution in [1.82, 2.24) is 14.6 Å². The quantitative estimate of drug-likeness (QED) is 0.339. The fourth-order valence-electron chi connectivity index (χ4n) is 3.30. The van der Waals surface area contributed by atoms with Crippen LogP contribution < -0.4 is 0 Å². The first kappa shape index (κ1) is 21.2. The van der Waals surface area contributed by atoms with Crippen molar-refractivity contribution < 1.29 is 27.5 Å². The van der Waals surface area contributed by atoms with Crippen LogP contribution in [-0.2, 0) is 10.9 Å². The summed E-state index contributed by atoms with van der Waals surface area (Å²) in [7, 11) is 1.20. The summed E-state index contributed by atoms with van der Waals surface area (Å²) in [6.07, 6.45) is -2.77. The average molecular weight is 439 g/mol. The lowest BCUT2D eigenvalue weighted by atomic mass is 10.00. The summed E-state index contributed by atoms with van der Waals surface area (Å²) in [6, 6.07) is 12.3. The molecule has 0 aliphatic rings. The Balaban J connectivity index is 1.89. The smallest absolute Gasteiger partial charge is 0.416 e. The molecule has 0 unspecified atom stereocenters. The number of rotatable bonds is 4. The molecule has 4 rings (SSSR count). The van der Waals surface area contributed by atoms with Gasteiger partial charge in [0.2, 0.25) is 5.78 Å². The summed E-state index contributed by atoms with van der Waals surface area (Å²) >= 11 is 0. The number of methoxy groups -OCH3 is 1. The summed E-state index contributed by atoms with van der Waals surface area (Å²) in [5.41, 5.74) is 1.19. The molecule has 6 nitrogen and oxygen atoms in total. The van der Waals surface area contributed by atoms with Crippen LogP contribution in [-0.4, -0.2) is 33.5 Å². The van der Waals surface area contributed by atoms with Crippen molar-refractivity contribution in [3.63, 3.8) is 0 Å². The molecule has 1 aromatic carbocycles. The number of carbonyl (C=O) groups excluding carboxylic acids is 2. The van der Waals surface area contributed by atoms with Crippen LogP contribution in [0.15, 0.2) is 60.8 Å². The van der Waals surface area contributed by atoms with Crippen LogP contribution in [0.25, 0.3) is 16.8 Å². The van der Waals surface area contributed by atoms with Crippen LogP contribution in [0.5, 0.6) is 0 Å². The average Bonchev–Trinajstić information content (AvgIpc) is 3.16. The van der Waals surface area contributed by atoms with Crippen molar-refractivity contribution in [1.29, 1.82) is 0 Å². The second kappa shape index (κ2) is 7.92. The Morgan fingerprint density at radius 2 is 1.66 bits per heavy atom. The molecule has 162 valence electrons. The van der Waals surface area contributed by atoms with Crippen LogP contribution in [0.1, 0.15) is 37.7 Å². The standard InChI is InChI=1S/C23H16F3N3O3/c1-13-6-11-18-19(21(30)16-4-3-5-17(27-16)22(31)32-2)20(28-29(18)12-13)14-7-9-15(10-8-14)23(24,25)26/h3-12H,1-2H3. The molecule has 0 aliphatic carbocycles. The zero-order valence-electron chi connectivity index (χ0n) is 17.0. The highest BCUT2D eigenvalue weighted by atomic mass is 19.4. The van der Waals surface area contributed by atoms with Gasteiger partial charge in [0.15, 0.2) is 0 Å². The van der Waals surface area contributed by atoms with Crippen LogP contribution in [0, 0.1) is 6.92 Å². The molecule has 0 saturated carbocycles. The van der Waals surface area contributed by atoms with E-state index < -0.39 is 23.5 Å². The third-order valence-corrected chi connectivity index (χ3v) is 4.87. The lowest BCUT2D eigenvalue weighted by molar-refractivity contribution is -0.137. The van der Waals surface area contributed by atoms with Crippen molar-refractivity contribution in [2.24, 2.45) is 0 Å². The Morgan fingerprint density at radius 1 is 0.969 bits per heavy atom. The second-order valence-corrected chi connectivity index (χ2v) is 7.06. The van der Waals surface area contributed by atoms with Crippen molar-refractivity contribution in [2.45, 2.75) is 13.1 Å². The van der Waals surface area contributed by atoms with Crippen molar-refractivity contribution in [3.8, 4) is 11.3 Å². The number of alkyl halides is 3. The third-order valence-electron chi connectivity index (χ3n) is 4.87. The van der Waals surface area contributed by atoms with Gasteiger partial charge in [-0.2, -0.15) is 18.3 Å². The summed E-state index contributed by atoms with van der Waals surface area (Å²) in [4.78, 5) is 29.4. The van der Waals surface area contributed by atoms with Gasteiger partial charge in [-0.1, -0.05) is 24.3 Å². The number of benzene rings is 1. The van der Waals surface area contributed by atoms with Gasteiger partial charge in [-0.25, -0.2) is 14.3 Å². The van der Waals surface area contributed by atoms with Crippen LogP contribution in [0.2, 0.25) is 0 Å². The van der Waals surface area contributed by atoms with Crippen molar-refractivity contribution >= 4 is 17.3 Å². The van der Waals surface area contributed by atoms with Gasteiger partial charge in [0.05, 0.1) is 23.8 Å². The number of hydrogen-bond donors (Lipinski definition) is 0. The van der Waals surface area contributed by atoms with Gasteiger partial charge in [-0.3, -0.25) is 4.79 Å². The second-order valence-electron chi connectivity index (χ2n) is 7.06. The number of esters is 1. The first-order valence-electron chi connectivity index (χ1n) is 9.45. The van der Waals surface area contributed by atoms with E-state index in [1.165, 1.54) is 42.0 Å². The molecule has 0 bridgehead atoms. The van der Waals surface area contributed by atoms with E-state index in [-0.39, 0.29) is 22.6 Å². The fourth-order valence-corrected chi connectivity index (χ4v) is 3.30. The molecule has 0 fully saturated rings. The third kappa shape index (κ3) is 3.84. The lowest BCUT2D eigenvalue weighted by Gasteiger charge is -2.08. The number of aromatic nitrogens is 3. The van der Waals surface area contributed by atoms with Crippen LogP contribution >= 0.6 is 0 Å². The Kier molecular flexibility index (Phi) is 5.25. The van der Waals surface area contributed by atoms with E-state index in [9.17, 15) is 22.8 Å². The molecule has 9 heteroatoms. The Labute approximate surface area is 180 Å². The van der Waals surface area contributed by atoms with Crippen LogP contribution in [0.4, 0.5) is 13.2 Å². The lowest BCUT2D eigenvalue weighted by Crippen LogP contribution is -2.10. The molecule has 4 aromatic rings. The maximum Gasteiger partial charge on any atom is 0.416 e. The number of ketones is 1. The van der Waals surface area contributed by atoms with E-state index in [4.69, 9.17) is 0 Å². The summed E-state index contributed by atoms with van der Waals surface area (Å²) in [6.45, 7) is 1.85. The van der Waals surface area contributed by atoms with Gasteiger partial charge in [-0.05, 0) is 42.8 Å². The van der Waals surface area contributed by atoms with Crippen molar-refractivity contribution in [2.75, 3.05) is 7.11 Å². The minimum Gasteiger partial charge on any atom is -0.464 e. The van der Waals surface area contributed by atoms with E-state index in [0.29, 0.717) is 11.1 Å². The maximum absolute atomic E-state index is 13.4. The van der Waals surface area contributed by atoms with E-state index in [1.54, 1.807) is 18.3 Å². The molecule has 0 amide bonds. The highest BCUT2D eigenvalue weighted by Crippen LogP contribution is 2.33. The molecular formula is C23H16F3N3O3. The molecule has 0 radical (unpaired) electrons. The molecule has 32 heavy (non-hydrogen) atoms. The topological polar surface area (TPSA) is 73.6 Å². The molecule has 0 aliphatic heterocycles. The van der Waals surface area contributed by atoms with Gasteiger partial charge >= 0.3 is 12.1 Å². The van der Waals surface area contributed by atoms with E-state index in [1.807, 2.05) is 6.92 Å². The van der Waals surface area contributed by atoms with Gasteiger partial charge < -0.3 is 4.74 Å². The van der Waals surface area contributed by atoms with Gasteiger partial charge in [0, 0.05) is 11.8 Å². The predicted molar refractivity (Wildman–Crippen MR) is 109 cm³/mol. The first-order valence-corrected chi connectivity index (χ1v) is 9.45. The SMILES string of the molecule is COC(=O)c1cccc(C(=O)c2c(-c3ccc(C(F)(F)F)cc3)nn3cc(C)ccc23)n1. The number of hydrogen-bond acceptors (Lipinski definition) is 5. The van der Waals surface area contributed by atoms with Crippen LogP contribution in [0.3, 0.4) is 0 Å². The highest BCUT2D eigenvalue weighted by Gasteiger charge is 2.31. The Hall–Kier alpha value is -4.01. The number of ether oxygens (including phenoxy) is 1. The summed E-state index contributed by atoms with van der Waals surface area (Å²) in [5.74, 6) is -1.22. The molecule has 0 spiro atoms. The number of nitrogens with zero attached hydrogens (tertiary/aromatic N) is 3. The molecule has 0 atom stereocenters. The van der Waals surface area contributed by atoms with Gasteiger partial charge in [0.25, 0.3) is 0 Å². The highest BCUT2D eigenvalue weighted by molar-refractivity contribution is 6.16. The number of halogens is 3. The normalized spacial score (nSPS) is 11.5. The maximum atomic E-state index is 13.4. The first-order chi connectivity index (χ1) is 15.2. The van der Waals surface area contributed by atoms with E-state index >= 15 is 0 Å². The minimum atomic E-state index is -4.48. The number of aryl methyl sites for hydroxylation is 1. The molecule has 0 N–H and O–H groups in total. The predicted octanol–water partition coefficient (Wildman–Crippen LogP) is 4.74. The zero-order chi connectivity index (χ0) is 23.0. The monoisotopic (exact) mass is 439 g/mol. The van der Waals surface area contributed by atoms with E-state index in [0.717, 1.165) is 17.7 Å². The van der Waals surface area contributed by atoms with Gasteiger partial charge in [0.1, 0.15) is 17.1 Å². The van der Waals surface area contributed by atoms with Gasteiger partial charge in [-0.15, -0.1) is 0 Å². The number of carbonyl (C=O) groups is 2. The zero-order valence-corrected chi connectivity index (χ0v) is 17.0. The summed E-state index contributed by atoms with van der Waals surface area (Å²) in [5, 5.41) is 4.45. The molecule has 3 aromatic heterocycles. The Bertz CT molecular complexity index is 1340. The summed E-state index contributed by atoms with van der Waals surface area (Å²) < 4.78 is 45.1. The number of pyridine rings is 2. The molecule has 0 saturated heterocycles. The Morgan fingerprint density at radius 3 is 2.31 bits per heavy atom. The molecular weight excluding hydrogens is 423 g/mol. The number of fused-ring (bicyclic) bond motifs is 1.